The predicted molar refractivity (Wildman–Crippen MR) is 136 cm³/mol. The first-order valence-corrected chi connectivity index (χ1v) is 11.4. The number of likely N-dealkylation sites (N-methyl/N-ethyl adjacent to an activating group) is 1. The number of pyridine rings is 1. The first-order valence-electron chi connectivity index (χ1n) is 11.4. The van der Waals surface area contributed by atoms with Crippen molar-refractivity contribution in [3.05, 3.63) is 64.7 Å². The minimum absolute atomic E-state index is 0.102. The lowest BCUT2D eigenvalue weighted by atomic mass is 10.0. The summed E-state index contributed by atoms with van der Waals surface area (Å²) in [7, 11) is 0. The number of nitrogens with zero attached hydrogens (tertiary/aromatic N) is 3. The summed E-state index contributed by atoms with van der Waals surface area (Å²) < 4.78 is 28.6. The molecular formula is C25H31F2N7O. The third-order valence-corrected chi connectivity index (χ3v) is 5.33. The molecule has 8 nitrogen and oxygen atoms in total. The highest BCUT2D eigenvalue weighted by atomic mass is 19.1. The van der Waals surface area contributed by atoms with E-state index in [0.717, 1.165) is 31.3 Å². The van der Waals surface area contributed by atoms with Crippen LogP contribution in [0.25, 0.3) is 0 Å². The molecule has 0 fully saturated rings. The fraction of sp³-hybridized carbons (Fsp3) is 0.360. The number of aromatic nitrogens is 1. The number of rotatable bonds is 9. The van der Waals surface area contributed by atoms with E-state index in [2.05, 4.69) is 55.1 Å². The second-order valence-corrected chi connectivity index (χ2v) is 8.46. The first-order chi connectivity index (χ1) is 16.7. The fourth-order valence-corrected chi connectivity index (χ4v) is 3.62. The number of anilines is 2. The largest absolute Gasteiger partial charge is 0.366 e. The molecule has 3 rings (SSSR count). The number of halogens is 2. The number of amidine groups is 1. The van der Waals surface area contributed by atoms with Crippen LogP contribution in [-0.2, 0) is 23.4 Å². The van der Waals surface area contributed by atoms with Crippen LogP contribution in [0.3, 0.4) is 0 Å². The van der Waals surface area contributed by atoms with Gasteiger partial charge in [0.05, 0.1) is 5.57 Å². The van der Waals surface area contributed by atoms with Crippen LogP contribution < -0.4 is 21.3 Å². The molecule has 0 unspecified atom stereocenters. The number of alkyl halides is 1. The Morgan fingerprint density at radius 1 is 1.29 bits per heavy atom. The molecule has 0 spiro atoms. The minimum atomic E-state index is -2.00. The van der Waals surface area contributed by atoms with E-state index in [4.69, 9.17) is 0 Å². The molecule has 1 aromatic carbocycles. The van der Waals surface area contributed by atoms with Gasteiger partial charge in [0.25, 0.3) is 5.91 Å². The van der Waals surface area contributed by atoms with Gasteiger partial charge >= 0.3 is 0 Å². The number of carbonyl (C=O) groups is 1. The van der Waals surface area contributed by atoms with Crippen molar-refractivity contribution >= 4 is 30.0 Å². The zero-order chi connectivity index (χ0) is 25.4. The highest BCUT2D eigenvalue weighted by molar-refractivity contribution is 6.25. The van der Waals surface area contributed by atoms with Gasteiger partial charge in [-0.1, -0.05) is 6.07 Å². The molecule has 0 bridgehead atoms. The Kier molecular flexibility index (Phi) is 8.64. The van der Waals surface area contributed by atoms with Crippen molar-refractivity contribution in [1.82, 2.24) is 15.6 Å². The van der Waals surface area contributed by atoms with Gasteiger partial charge in [-0.05, 0) is 75.8 Å². The number of fused-ring (bicyclic) bond motifs is 1. The van der Waals surface area contributed by atoms with E-state index in [1.807, 2.05) is 6.07 Å². The molecule has 4 N–H and O–H groups in total. The SMILES string of the molecule is C=N/C=C(C(=O)NCC)\C(=N/CNc1ccc2c(c1)CNCC2)Nc1ccc(F)c(C(C)(C)F)n1. The molecule has 1 amide bonds. The van der Waals surface area contributed by atoms with Gasteiger partial charge in [0.2, 0.25) is 0 Å². The average Bonchev–Trinajstić information content (AvgIpc) is 2.82. The van der Waals surface area contributed by atoms with Gasteiger partial charge in [0, 0.05) is 25.0 Å². The van der Waals surface area contributed by atoms with Gasteiger partial charge in [-0.2, -0.15) is 0 Å². The maximum atomic E-state index is 14.4. The van der Waals surface area contributed by atoms with Crippen LogP contribution in [0.2, 0.25) is 0 Å². The normalized spacial score (nSPS) is 14.2. The highest BCUT2D eigenvalue weighted by Crippen LogP contribution is 2.26. The number of nitrogens with one attached hydrogen (secondary N) is 4. The molecule has 10 heteroatoms. The third kappa shape index (κ3) is 6.92. The summed E-state index contributed by atoms with van der Waals surface area (Å²) in [6, 6.07) is 8.60. The van der Waals surface area contributed by atoms with E-state index in [-0.39, 0.29) is 29.6 Å². The number of hydrogen-bond donors (Lipinski definition) is 4. The Morgan fingerprint density at radius 3 is 2.80 bits per heavy atom. The van der Waals surface area contributed by atoms with Crippen LogP contribution in [-0.4, -0.2) is 43.2 Å². The zero-order valence-electron chi connectivity index (χ0n) is 20.2. The van der Waals surface area contributed by atoms with Crippen molar-refractivity contribution in [3.8, 4) is 0 Å². The topological polar surface area (TPSA) is 103 Å². The molecular weight excluding hydrogens is 452 g/mol. The van der Waals surface area contributed by atoms with E-state index in [0.29, 0.717) is 6.54 Å². The summed E-state index contributed by atoms with van der Waals surface area (Å²) in [5.74, 6) is -0.946. The van der Waals surface area contributed by atoms with E-state index < -0.39 is 17.4 Å². The number of aliphatic imine (C=N–C) groups is 2. The van der Waals surface area contributed by atoms with Gasteiger partial charge in [-0.3, -0.25) is 9.79 Å². The van der Waals surface area contributed by atoms with Crippen molar-refractivity contribution < 1.29 is 13.6 Å². The fourth-order valence-electron chi connectivity index (χ4n) is 3.62. The Hall–Kier alpha value is -3.66. The number of carbonyl (C=O) groups excluding carboxylic acids is 1. The van der Waals surface area contributed by atoms with Crippen molar-refractivity contribution in [3.63, 3.8) is 0 Å². The summed E-state index contributed by atoms with van der Waals surface area (Å²) in [6.45, 7) is 9.92. The molecule has 186 valence electrons. The number of benzene rings is 1. The molecule has 2 heterocycles. The van der Waals surface area contributed by atoms with Crippen LogP contribution in [0.4, 0.5) is 20.3 Å². The molecule has 1 aliphatic heterocycles. The van der Waals surface area contributed by atoms with Crippen LogP contribution >= 0.6 is 0 Å². The van der Waals surface area contributed by atoms with Crippen molar-refractivity contribution in [2.45, 2.75) is 39.4 Å². The van der Waals surface area contributed by atoms with Crippen molar-refractivity contribution in [1.29, 1.82) is 0 Å². The summed E-state index contributed by atoms with van der Waals surface area (Å²) in [5, 5.41) is 12.2. The van der Waals surface area contributed by atoms with Crippen LogP contribution in [0.15, 0.2) is 52.1 Å². The maximum Gasteiger partial charge on any atom is 0.256 e. The van der Waals surface area contributed by atoms with E-state index in [1.54, 1.807) is 6.92 Å². The number of hydrogen-bond acceptors (Lipinski definition) is 6. The van der Waals surface area contributed by atoms with E-state index >= 15 is 0 Å². The zero-order valence-corrected chi connectivity index (χ0v) is 20.2. The van der Waals surface area contributed by atoms with Gasteiger partial charge in [-0.15, -0.1) is 0 Å². The minimum Gasteiger partial charge on any atom is -0.366 e. The Balaban J connectivity index is 1.89. The molecule has 35 heavy (non-hydrogen) atoms. The summed E-state index contributed by atoms with van der Waals surface area (Å²) in [5.41, 5.74) is 1.16. The smallest absolute Gasteiger partial charge is 0.256 e. The van der Waals surface area contributed by atoms with Crippen molar-refractivity contribution in [2.75, 3.05) is 30.4 Å². The Labute approximate surface area is 204 Å². The lowest BCUT2D eigenvalue weighted by molar-refractivity contribution is -0.116. The second kappa shape index (κ2) is 11.7. The van der Waals surface area contributed by atoms with E-state index in [1.165, 1.54) is 37.2 Å². The van der Waals surface area contributed by atoms with Gasteiger partial charge in [-0.25, -0.2) is 18.8 Å². The second-order valence-electron chi connectivity index (χ2n) is 8.46. The molecule has 0 saturated carbocycles. The average molecular weight is 484 g/mol. The van der Waals surface area contributed by atoms with E-state index in [9.17, 15) is 13.6 Å². The van der Waals surface area contributed by atoms with Gasteiger partial charge in [0.15, 0.2) is 0 Å². The standard InChI is InChI=1S/C25H31F2N7O/c1-5-30-24(35)19(14-28-4)23(34-21-9-8-20(26)22(33-21)25(2,3)27)32-15-31-18-7-6-16-10-11-29-13-17(16)12-18/h6-9,12,14,29,31H,4-5,10-11,13,15H2,1-3H3,(H,30,35)(H,32,33,34)/b19-14+. The summed E-state index contributed by atoms with van der Waals surface area (Å²) in [6.07, 6.45) is 2.25. The Morgan fingerprint density at radius 2 is 2.09 bits per heavy atom. The number of amides is 1. The lowest BCUT2D eigenvalue weighted by Crippen LogP contribution is -2.32. The van der Waals surface area contributed by atoms with Crippen LogP contribution in [0.5, 0.6) is 0 Å². The highest BCUT2D eigenvalue weighted by Gasteiger charge is 2.26. The monoisotopic (exact) mass is 483 g/mol. The quantitative estimate of drug-likeness (QED) is 0.248. The summed E-state index contributed by atoms with van der Waals surface area (Å²) >= 11 is 0. The van der Waals surface area contributed by atoms with Crippen molar-refractivity contribution in [2.24, 2.45) is 9.98 Å². The molecule has 0 radical (unpaired) electrons. The predicted octanol–water partition coefficient (Wildman–Crippen LogP) is 3.67. The molecule has 0 aliphatic carbocycles. The third-order valence-electron chi connectivity index (χ3n) is 5.33. The maximum absolute atomic E-state index is 14.4. The molecule has 0 saturated heterocycles. The lowest BCUT2D eigenvalue weighted by Gasteiger charge is -2.18. The first kappa shape index (κ1) is 26.0. The molecule has 1 aromatic heterocycles. The molecule has 1 aliphatic rings. The summed E-state index contributed by atoms with van der Waals surface area (Å²) in [4.78, 5) is 25.0. The van der Waals surface area contributed by atoms with Crippen LogP contribution in [0.1, 0.15) is 37.6 Å². The Bertz CT molecular complexity index is 1140. The van der Waals surface area contributed by atoms with Gasteiger partial charge < -0.3 is 21.3 Å². The van der Waals surface area contributed by atoms with Crippen LogP contribution in [0, 0.1) is 5.82 Å². The molecule has 2 aromatic rings. The van der Waals surface area contributed by atoms with Gasteiger partial charge in [0.1, 0.15) is 35.5 Å². The molecule has 0 atom stereocenters.